The van der Waals surface area contributed by atoms with Crippen LogP contribution in [0.2, 0.25) is 0 Å². The summed E-state index contributed by atoms with van der Waals surface area (Å²) < 4.78 is 30.6. The van der Waals surface area contributed by atoms with Gasteiger partial charge in [0.1, 0.15) is 5.60 Å². The van der Waals surface area contributed by atoms with Gasteiger partial charge in [-0.1, -0.05) is 25.1 Å². The summed E-state index contributed by atoms with van der Waals surface area (Å²) in [7, 11) is 1.71. The number of rotatable bonds is 7. The van der Waals surface area contributed by atoms with Crippen LogP contribution in [0, 0.1) is 5.92 Å². The number of halogens is 2. The predicted molar refractivity (Wildman–Crippen MR) is 91.1 cm³/mol. The molecule has 4 nitrogen and oxygen atoms in total. The molecule has 6 heteroatoms. The molecule has 0 saturated carbocycles. The molecule has 1 amide bonds. The first-order chi connectivity index (χ1) is 11.1. The van der Waals surface area contributed by atoms with E-state index in [0.717, 1.165) is 5.56 Å². The summed E-state index contributed by atoms with van der Waals surface area (Å²) in [4.78, 5) is 13.5. The lowest BCUT2D eigenvalue weighted by molar-refractivity contribution is 0.0277. The fourth-order valence-corrected chi connectivity index (χ4v) is 2.25. The number of nitrogens with one attached hydrogen (secondary N) is 1. The zero-order valence-corrected chi connectivity index (χ0v) is 15.1. The number of carbonyl (C=O) groups excluding carboxylic acids is 1. The predicted octanol–water partition coefficient (Wildman–Crippen LogP) is 4.22. The summed E-state index contributed by atoms with van der Waals surface area (Å²) in [6.07, 6.45) is -2.80. The normalized spacial score (nSPS) is 13.0. The van der Waals surface area contributed by atoms with Gasteiger partial charge in [0, 0.05) is 25.7 Å². The molecular weight excluding hydrogens is 314 g/mol. The highest BCUT2D eigenvalue weighted by atomic mass is 19.3. The van der Waals surface area contributed by atoms with Gasteiger partial charge in [0.2, 0.25) is 0 Å². The van der Waals surface area contributed by atoms with E-state index in [4.69, 9.17) is 4.74 Å². The highest BCUT2D eigenvalue weighted by Crippen LogP contribution is 2.19. The summed E-state index contributed by atoms with van der Waals surface area (Å²) in [6.45, 7) is 9.25. The van der Waals surface area contributed by atoms with Crippen LogP contribution in [-0.4, -0.2) is 36.7 Å². The Labute approximate surface area is 143 Å². The first kappa shape index (κ1) is 20.4. The third-order valence-electron chi connectivity index (χ3n) is 3.32. The zero-order chi connectivity index (χ0) is 18.3. The fraction of sp³-hybridized carbons (Fsp3) is 0.611. The second kappa shape index (κ2) is 8.97. The van der Waals surface area contributed by atoms with E-state index in [1.165, 1.54) is 12.1 Å². The van der Waals surface area contributed by atoms with Crippen molar-refractivity contribution in [2.24, 2.45) is 5.92 Å². The minimum atomic E-state index is -2.45. The fourth-order valence-electron chi connectivity index (χ4n) is 2.25. The van der Waals surface area contributed by atoms with Crippen molar-refractivity contribution in [1.29, 1.82) is 0 Å². The van der Waals surface area contributed by atoms with Crippen LogP contribution in [0.5, 0.6) is 0 Å². The average molecular weight is 342 g/mol. The SMILES string of the molecule is CC(CNCc1cccc(C(F)F)c1)CN(C)C(=O)OC(C)(C)C. The van der Waals surface area contributed by atoms with Gasteiger partial charge in [-0.3, -0.25) is 0 Å². The molecule has 0 radical (unpaired) electrons. The van der Waals surface area contributed by atoms with E-state index < -0.39 is 12.0 Å². The summed E-state index contributed by atoms with van der Waals surface area (Å²) in [5, 5.41) is 3.24. The number of hydrogen-bond acceptors (Lipinski definition) is 3. The Hall–Kier alpha value is -1.69. The smallest absolute Gasteiger partial charge is 0.410 e. The number of alkyl halides is 2. The van der Waals surface area contributed by atoms with Gasteiger partial charge in [0.15, 0.2) is 0 Å². The van der Waals surface area contributed by atoms with Gasteiger partial charge >= 0.3 is 6.09 Å². The molecule has 0 heterocycles. The first-order valence-electron chi connectivity index (χ1n) is 8.10. The summed E-state index contributed by atoms with van der Waals surface area (Å²) >= 11 is 0. The largest absolute Gasteiger partial charge is 0.444 e. The van der Waals surface area contributed by atoms with E-state index in [0.29, 0.717) is 19.6 Å². The second-order valence-corrected chi connectivity index (χ2v) is 7.14. The molecule has 1 rings (SSSR count). The Morgan fingerprint density at radius 1 is 1.33 bits per heavy atom. The quantitative estimate of drug-likeness (QED) is 0.807. The van der Waals surface area contributed by atoms with Gasteiger partial charge < -0.3 is 15.0 Å². The second-order valence-electron chi connectivity index (χ2n) is 7.14. The number of carbonyl (C=O) groups is 1. The Kier molecular flexibility index (Phi) is 7.60. The maximum Gasteiger partial charge on any atom is 0.410 e. The number of hydrogen-bond donors (Lipinski definition) is 1. The van der Waals surface area contributed by atoms with E-state index in [-0.39, 0.29) is 17.6 Å². The van der Waals surface area contributed by atoms with E-state index in [1.54, 1.807) is 18.0 Å². The molecule has 0 aliphatic heterocycles. The molecule has 1 atom stereocenters. The number of benzene rings is 1. The average Bonchev–Trinajstić information content (AvgIpc) is 2.45. The molecule has 0 aromatic heterocycles. The monoisotopic (exact) mass is 342 g/mol. The van der Waals surface area contributed by atoms with Crippen LogP contribution >= 0.6 is 0 Å². The van der Waals surface area contributed by atoms with Crippen molar-refractivity contribution >= 4 is 6.09 Å². The van der Waals surface area contributed by atoms with Gasteiger partial charge in [-0.15, -0.1) is 0 Å². The molecular formula is C18H28F2N2O2. The molecule has 0 saturated heterocycles. The minimum absolute atomic E-state index is 0.0343. The highest BCUT2D eigenvalue weighted by molar-refractivity contribution is 5.67. The van der Waals surface area contributed by atoms with Crippen molar-refractivity contribution < 1.29 is 18.3 Å². The van der Waals surface area contributed by atoms with Crippen molar-refractivity contribution in [2.75, 3.05) is 20.1 Å². The van der Waals surface area contributed by atoms with E-state index in [1.807, 2.05) is 33.8 Å². The standard InChI is InChI=1S/C18H28F2N2O2/c1-13(12-22(5)17(23)24-18(2,3)4)10-21-11-14-7-6-8-15(9-14)16(19)20/h6-9,13,16,21H,10-12H2,1-5H3. The molecule has 1 unspecified atom stereocenters. The van der Waals surface area contributed by atoms with Crippen molar-refractivity contribution in [2.45, 2.75) is 46.3 Å². The van der Waals surface area contributed by atoms with Crippen molar-refractivity contribution in [1.82, 2.24) is 10.2 Å². The lowest BCUT2D eigenvalue weighted by atomic mass is 10.1. The highest BCUT2D eigenvalue weighted by Gasteiger charge is 2.20. The van der Waals surface area contributed by atoms with Gasteiger partial charge in [-0.25, -0.2) is 13.6 Å². The van der Waals surface area contributed by atoms with Crippen LogP contribution in [0.25, 0.3) is 0 Å². The van der Waals surface area contributed by atoms with Crippen LogP contribution in [0.15, 0.2) is 24.3 Å². The van der Waals surface area contributed by atoms with Crippen LogP contribution < -0.4 is 5.32 Å². The van der Waals surface area contributed by atoms with Crippen molar-refractivity contribution in [3.63, 3.8) is 0 Å². The van der Waals surface area contributed by atoms with E-state index in [9.17, 15) is 13.6 Å². The maximum absolute atomic E-state index is 12.7. The van der Waals surface area contributed by atoms with Gasteiger partial charge in [-0.05, 0) is 44.9 Å². The summed E-state index contributed by atoms with van der Waals surface area (Å²) in [5.41, 5.74) is 0.343. The first-order valence-corrected chi connectivity index (χ1v) is 8.10. The van der Waals surface area contributed by atoms with E-state index in [2.05, 4.69) is 5.32 Å². The van der Waals surface area contributed by atoms with Crippen molar-refractivity contribution in [3.05, 3.63) is 35.4 Å². The lowest BCUT2D eigenvalue weighted by Crippen LogP contribution is -2.38. The molecule has 0 bridgehead atoms. The lowest BCUT2D eigenvalue weighted by Gasteiger charge is -2.26. The maximum atomic E-state index is 12.7. The molecule has 0 aliphatic carbocycles. The van der Waals surface area contributed by atoms with Gasteiger partial charge in [0.05, 0.1) is 0 Å². The third kappa shape index (κ3) is 7.73. The Morgan fingerprint density at radius 2 is 2.00 bits per heavy atom. The van der Waals surface area contributed by atoms with Crippen LogP contribution in [-0.2, 0) is 11.3 Å². The molecule has 1 aromatic carbocycles. The van der Waals surface area contributed by atoms with Crippen LogP contribution in [0.1, 0.15) is 45.2 Å². The molecule has 1 N–H and O–H groups in total. The number of nitrogens with zero attached hydrogens (tertiary/aromatic N) is 1. The van der Waals surface area contributed by atoms with Gasteiger partial charge in [0.25, 0.3) is 6.43 Å². The van der Waals surface area contributed by atoms with Gasteiger partial charge in [-0.2, -0.15) is 0 Å². The van der Waals surface area contributed by atoms with Crippen molar-refractivity contribution in [3.8, 4) is 0 Å². The zero-order valence-electron chi connectivity index (χ0n) is 15.1. The summed E-state index contributed by atoms with van der Waals surface area (Å²) in [5.74, 6) is 0.209. The summed E-state index contributed by atoms with van der Waals surface area (Å²) in [6, 6.07) is 6.39. The molecule has 0 spiro atoms. The Bertz CT molecular complexity index is 530. The topological polar surface area (TPSA) is 41.6 Å². The molecule has 24 heavy (non-hydrogen) atoms. The molecule has 136 valence electrons. The Balaban J connectivity index is 2.37. The minimum Gasteiger partial charge on any atom is -0.444 e. The number of ether oxygens (including phenoxy) is 1. The molecule has 1 aromatic rings. The molecule has 0 aliphatic rings. The van der Waals surface area contributed by atoms with Crippen LogP contribution in [0.4, 0.5) is 13.6 Å². The number of amides is 1. The van der Waals surface area contributed by atoms with E-state index >= 15 is 0 Å². The van der Waals surface area contributed by atoms with Crippen LogP contribution in [0.3, 0.4) is 0 Å². The third-order valence-corrected chi connectivity index (χ3v) is 3.32. The molecule has 0 fully saturated rings. The Morgan fingerprint density at radius 3 is 2.58 bits per heavy atom.